The van der Waals surface area contributed by atoms with Gasteiger partial charge in [-0.25, -0.2) is 0 Å². The predicted molar refractivity (Wildman–Crippen MR) is 96.9 cm³/mol. The monoisotopic (exact) mass is 318 g/mol. The summed E-state index contributed by atoms with van der Waals surface area (Å²) in [5.41, 5.74) is 1.51. The number of ether oxygens (including phenoxy) is 2. The fraction of sp³-hybridized carbons (Fsp3) is 0.0952. The Bertz CT molecular complexity index is 888. The molecule has 0 fully saturated rings. The molecular formula is C21H18O3. The Balaban J connectivity index is 1.86. The summed E-state index contributed by atoms with van der Waals surface area (Å²) in [5, 5.41) is 2.18. The van der Waals surface area contributed by atoms with E-state index in [4.69, 9.17) is 9.47 Å². The maximum Gasteiger partial charge on any atom is 0.185 e. The summed E-state index contributed by atoms with van der Waals surface area (Å²) in [6, 6.07) is 19.2. The number of rotatable bonds is 5. The molecule has 0 aromatic heterocycles. The zero-order valence-electron chi connectivity index (χ0n) is 13.7. The highest BCUT2D eigenvalue weighted by atomic mass is 16.5. The van der Waals surface area contributed by atoms with Gasteiger partial charge < -0.3 is 9.47 Å². The number of hydrogen-bond donors (Lipinski definition) is 0. The molecule has 3 aromatic rings. The van der Waals surface area contributed by atoms with Crippen molar-refractivity contribution < 1.29 is 14.3 Å². The number of benzene rings is 3. The molecule has 0 unspecified atom stereocenters. The first-order chi connectivity index (χ1) is 11.7. The Morgan fingerprint density at radius 1 is 0.833 bits per heavy atom. The van der Waals surface area contributed by atoms with Crippen LogP contribution in [0.5, 0.6) is 11.5 Å². The van der Waals surface area contributed by atoms with E-state index in [0.717, 1.165) is 16.3 Å². The molecule has 0 bridgehead atoms. The Morgan fingerprint density at radius 3 is 2.17 bits per heavy atom. The van der Waals surface area contributed by atoms with Gasteiger partial charge in [-0.2, -0.15) is 0 Å². The highest BCUT2D eigenvalue weighted by Crippen LogP contribution is 2.23. The molecule has 0 atom stereocenters. The van der Waals surface area contributed by atoms with Gasteiger partial charge in [0.2, 0.25) is 0 Å². The fourth-order valence-electron chi connectivity index (χ4n) is 2.54. The molecule has 0 N–H and O–H groups in total. The summed E-state index contributed by atoms with van der Waals surface area (Å²) < 4.78 is 10.5. The lowest BCUT2D eigenvalue weighted by molar-refractivity contribution is 0.104. The summed E-state index contributed by atoms with van der Waals surface area (Å²) >= 11 is 0. The molecule has 120 valence electrons. The van der Waals surface area contributed by atoms with Gasteiger partial charge in [0.05, 0.1) is 14.2 Å². The van der Waals surface area contributed by atoms with Crippen molar-refractivity contribution >= 4 is 22.6 Å². The number of ketones is 1. The lowest BCUT2D eigenvalue weighted by atomic mass is 10.0. The van der Waals surface area contributed by atoms with Gasteiger partial charge in [0.25, 0.3) is 0 Å². The minimum atomic E-state index is -0.0393. The van der Waals surface area contributed by atoms with Gasteiger partial charge >= 0.3 is 0 Å². The van der Waals surface area contributed by atoms with Crippen LogP contribution in [0.2, 0.25) is 0 Å². The number of hydrogen-bond acceptors (Lipinski definition) is 3. The Morgan fingerprint density at radius 2 is 1.50 bits per heavy atom. The van der Waals surface area contributed by atoms with Crippen LogP contribution in [-0.2, 0) is 0 Å². The van der Waals surface area contributed by atoms with Gasteiger partial charge in [-0.1, -0.05) is 42.5 Å². The number of methoxy groups -OCH3 is 2. The van der Waals surface area contributed by atoms with Gasteiger partial charge in [0, 0.05) is 11.6 Å². The van der Waals surface area contributed by atoms with Crippen molar-refractivity contribution in [3.05, 3.63) is 77.9 Å². The molecule has 0 aliphatic rings. The van der Waals surface area contributed by atoms with E-state index in [-0.39, 0.29) is 5.78 Å². The highest BCUT2D eigenvalue weighted by molar-refractivity contribution is 6.08. The number of allylic oxidation sites excluding steroid dienone is 1. The lowest BCUT2D eigenvalue weighted by Crippen LogP contribution is -1.94. The quantitative estimate of drug-likeness (QED) is 0.503. The Kier molecular flexibility index (Phi) is 4.62. The second-order valence-electron chi connectivity index (χ2n) is 5.41. The molecule has 0 saturated heterocycles. The summed E-state index contributed by atoms with van der Waals surface area (Å²) in [6.07, 6.45) is 3.33. The van der Waals surface area contributed by atoms with E-state index >= 15 is 0 Å². The number of fused-ring (bicyclic) bond motifs is 1. The van der Waals surface area contributed by atoms with Crippen molar-refractivity contribution in [1.29, 1.82) is 0 Å². The molecule has 0 aliphatic heterocycles. The van der Waals surface area contributed by atoms with E-state index < -0.39 is 0 Å². The van der Waals surface area contributed by atoms with Crippen LogP contribution in [-0.4, -0.2) is 20.0 Å². The third kappa shape index (κ3) is 3.46. The van der Waals surface area contributed by atoms with Crippen molar-refractivity contribution in [3.63, 3.8) is 0 Å². The summed E-state index contributed by atoms with van der Waals surface area (Å²) in [4.78, 5) is 12.4. The smallest absolute Gasteiger partial charge is 0.185 e. The normalized spacial score (nSPS) is 10.9. The van der Waals surface area contributed by atoms with Crippen LogP contribution in [0.1, 0.15) is 15.9 Å². The van der Waals surface area contributed by atoms with E-state index in [1.165, 1.54) is 0 Å². The van der Waals surface area contributed by atoms with Gasteiger partial charge in [-0.3, -0.25) is 4.79 Å². The minimum absolute atomic E-state index is 0.0393. The lowest BCUT2D eigenvalue weighted by Gasteiger charge is -2.05. The first-order valence-electron chi connectivity index (χ1n) is 7.64. The van der Waals surface area contributed by atoms with E-state index in [9.17, 15) is 4.79 Å². The van der Waals surface area contributed by atoms with Crippen LogP contribution in [0, 0.1) is 0 Å². The molecule has 24 heavy (non-hydrogen) atoms. The van der Waals surface area contributed by atoms with Crippen LogP contribution in [0.25, 0.3) is 16.8 Å². The molecule has 0 aliphatic carbocycles. The number of carbonyl (C=O) groups is 1. The standard InChI is InChI=1S/C21H18O3/c1-23-19-11-15(12-20(14-19)24-2)7-10-21(22)18-9-8-16-5-3-4-6-17(16)13-18/h3-14H,1-2H3/b10-7-. The predicted octanol–water partition coefficient (Wildman–Crippen LogP) is 4.75. The Hall–Kier alpha value is -3.07. The van der Waals surface area contributed by atoms with Gasteiger partial charge in [-0.15, -0.1) is 0 Å². The number of carbonyl (C=O) groups excluding carboxylic acids is 1. The SMILES string of the molecule is COc1cc(/C=C\C(=O)c2ccc3ccccc3c2)cc(OC)c1. The maximum absolute atomic E-state index is 12.4. The summed E-state index contributed by atoms with van der Waals surface area (Å²) in [5.74, 6) is 1.34. The molecule has 0 saturated carbocycles. The van der Waals surface area contributed by atoms with Crippen molar-refractivity contribution in [2.24, 2.45) is 0 Å². The molecular weight excluding hydrogens is 300 g/mol. The van der Waals surface area contributed by atoms with Crippen LogP contribution < -0.4 is 9.47 Å². The third-order valence-corrected chi connectivity index (χ3v) is 3.83. The topological polar surface area (TPSA) is 35.5 Å². The zero-order valence-corrected chi connectivity index (χ0v) is 13.7. The molecule has 3 aromatic carbocycles. The van der Waals surface area contributed by atoms with Crippen LogP contribution in [0.15, 0.2) is 66.7 Å². The molecule has 3 heteroatoms. The van der Waals surface area contributed by atoms with E-state index in [2.05, 4.69) is 0 Å². The second kappa shape index (κ2) is 7.01. The second-order valence-corrected chi connectivity index (χ2v) is 5.41. The van der Waals surface area contributed by atoms with E-state index in [1.807, 2.05) is 54.6 Å². The largest absolute Gasteiger partial charge is 0.497 e. The van der Waals surface area contributed by atoms with Crippen molar-refractivity contribution in [2.75, 3.05) is 14.2 Å². The van der Waals surface area contributed by atoms with E-state index in [1.54, 1.807) is 32.4 Å². The van der Waals surface area contributed by atoms with Crippen LogP contribution in [0.4, 0.5) is 0 Å². The first-order valence-corrected chi connectivity index (χ1v) is 7.64. The van der Waals surface area contributed by atoms with Gasteiger partial charge in [-0.05, 0) is 40.6 Å². The molecule has 3 rings (SSSR count). The fourth-order valence-corrected chi connectivity index (χ4v) is 2.54. The van der Waals surface area contributed by atoms with Crippen molar-refractivity contribution in [1.82, 2.24) is 0 Å². The average Bonchev–Trinajstić information content (AvgIpc) is 2.65. The molecule has 0 radical (unpaired) electrons. The molecule has 0 heterocycles. The van der Waals surface area contributed by atoms with Crippen LogP contribution >= 0.6 is 0 Å². The highest BCUT2D eigenvalue weighted by Gasteiger charge is 2.04. The summed E-state index contributed by atoms with van der Waals surface area (Å²) in [7, 11) is 3.20. The van der Waals surface area contributed by atoms with Crippen molar-refractivity contribution in [2.45, 2.75) is 0 Å². The van der Waals surface area contributed by atoms with Gasteiger partial charge in [0.15, 0.2) is 5.78 Å². The average molecular weight is 318 g/mol. The first kappa shape index (κ1) is 15.8. The maximum atomic E-state index is 12.4. The third-order valence-electron chi connectivity index (χ3n) is 3.83. The zero-order chi connectivity index (χ0) is 16.9. The van der Waals surface area contributed by atoms with Crippen molar-refractivity contribution in [3.8, 4) is 11.5 Å². The van der Waals surface area contributed by atoms with Crippen LogP contribution in [0.3, 0.4) is 0 Å². The molecule has 0 amide bonds. The summed E-state index contributed by atoms with van der Waals surface area (Å²) in [6.45, 7) is 0. The minimum Gasteiger partial charge on any atom is -0.497 e. The van der Waals surface area contributed by atoms with Gasteiger partial charge in [0.1, 0.15) is 11.5 Å². The van der Waals surface area contributed by atoms with E-state index in [0.29, 0.717) is 17.1 Å². The molecule has 0 spiro atoms. The molecule has 3 nitrogen and oxygen atoms in total. The Labute approximate surface area is 141 Å².